The summed E-state index contributed by atoms with van der Waals surface area (Å²) in [5.41, 5.74) is 3.19. The Morgan fingerprint density at radius 1 is 1.33 bits per heavy atom. The summed E-state index contributed by atoms with van der Waals surface area (Å²) in [5.74, 6) is -0.187. The number of carbonyl (C=O) groups is 1. The highest BCUT2D eigenvalue weighted by atomic mass is 16.3. The van der Waals surface area contributed by atoms with Gasteiger partial charge in [-0.3, -0.25) is 9.48 Å². The lowest BCUT2D eigenvalue weighted by Gasteiger charge is -2.16. The van der Waals surface area contributed by atoms with Crippen LogP contribution in [0.5, 0.6) is 0 Å². The first-order valence-electron chi connectivity index (χ1n) is 6.98. The number of hydrogen-bond acceptors (Lipinski definition) is 3. The number of nitrogens with one attached hydrogen (secondary N) is 1. The maximum atomic E-state index is 12.4. The summed E-state index contributed by atoms with van der Waals surface area (Å²) in [5, 5.41) is 16.6. The molecule has 1 aromatic heterocycles. The number of nitrogens with zero attached hydrogens (tertiary/aromatic N) is 2. The van der Waals surface area contributed by atoms with Crippen LogP contribution in [0.1, 0.15) is 27.3 Å². The molecule has 1 aromatic carbocycles. The van der Waals surface area contributed by atoms with Gasteiger partial charge in [-0.25, -0.2) is 0 Å². The first kappa shape index (κ1) is 15.3. The highest BCUT2D eigenvalue weighted by Gasteiger charge is 2.20. The zero-order chi connectivity index (χ0) is 15.4. The van der Waals surface area contributed by atoms with Gasteiger partial charge in [-0.15, -0.1) is 0 Å². The molecule has 0 aliphatic heterocycles. The zero-order valence-electron chi connectivity index (χ0n) is 12.6. The second-order valence-electron chi connectivity index (χ2n) is 5.21. The molecule has 0 saturated heterocycles. The normalized spacial score (nSPS) is 12.2. The zero-order valence-corrected chi connectivity index (χ0v) is 12.6. The van der Waals surface area contributed by atoms with Crippen molar-refractivity contribution in [1.82, 2.24) is 15.1 Å². The summed E-state index contributed by atoms with van der Waals surface area (Å²) >= 11 is 0. The molecule has 2 N–H and O–H groups in total. The molecule has 1 unspecified atom stereocenters. The summed E-state index contributed by atoms with van der Waals surface area (Å²) in [6, 6.07) is 9.49. The number of aliphatic hydroxyl groups is 1. The van der Waals surface area contributed by atoms with Crippen molar-refractivity contribution in [3.63, 3.8) is 0 Å². The highest BCUT2D eigenvalue weighted by molar-refractivity contribution is 5.96. The molecule has 5 nitrogen and oxygen atoms in total. The van der Waals surface area contributed by atoms with Crippen LogP contribution >= 0.6 is 0 Å². The SMILES string of the molecule is Cc1nn(C)c(C)c1C(=O)NC(CO)Cc1ccccc1. The molecule has 21 heavy (non-hydrogen) atoms. The summed E-state index contributed by atoms with van der Waals surface area (Å²) in [7, 11) is 1.81. The van der Waals surface area contributed by atoms with Crippen molar-refractivity contribution in [2.75, 3.05) is 6.61 Å². The lowest BCUT2D eigenvalue weighted by molar-refractivity contribution is 0.0915. The number of benzene rings is 1. The van der Waals surface area contributed by atoms with Gasteiger partial charge < -0.3 is 10.4 Å². The molecular formula is C16H21N3O2. The van der Waals surface area contributed by atoms with Gasteiger partial charge in [-0.1, -0.05) is 30.3 Å². The van der Waals surface area contributed by atoms with E-state index < -0.39 is 0 Å². The Balaban J connectivity index is 2.09. The fourth-order valence-corrected chi connectivity index (χ4v) is 2.42. The van der Waals surface area contributed by atoms with Gasteiger partial charge in [0.15, 0.2) is 0 Å². The van der Waals surface area contributed by atoms with E-state index in [-0.39, 0.29) is 18.6 Å². The number of amides is 1. The van der Waals surface area contributed by atoms with Crippen LogP contribution in [0, 0.1) is 13.8 Å². The predicted molar refractivity (Wildman–Crippen MR) is 81.2 cm³/mol. The molecule has 2 aromatic rings. The van der Waals surface area contributed by atoms with Gasteiger partial charge in [-0.05, 0) is 25.8 Å². The fourth-order valence-electron chi connectivity index (χ4n) is 2.42. The van der Waals surface area contributed by atoms with Crippen molar-refractivity contribution in [2.24, 2.45) is 7.05 Å². The molecule has 2 rings (SSSR count). The Morgan fingerprint density at radius 2 is 2.00 bits per heavy atom. The van der Waals surface area contributed by atoms with Gasteiger partial charge >= 0.3 is 0 Å². The monoisotopic (exact) mass is 287 g/mol. The van der Waals surface area contributed by atoms with Gasteiger partial charge in [0.1, 0.15) is 0 Å². The minimum absolute atomic E-state index is 0.0982. The Labute approximate surface area is 124 Å². The molecule has 112 valence electrons. The topological polar surface area (TPSA) is 67.2 Å². The Morgan fingerprint density at radius 3 is 2.52 bits per heavy atom. The lowest BCUT2D eigenvalue weighted by Crippen LogP contribution is -2.39. The molecule has 1 heterocycles. The predicted octanol–water partition coefficient (Wildman–Crippen LogP) is 1.37. The van der Waals surface area contributed by atoms with Crippen LogP contribution in [0.2, 0.25) is 0 Å². The third kappa shape index (κ3) is 3.49. The van der Waals surface area contributed by atoms with Gasteiger partial charge in [0.05, 0.1) is 23.9 Å². The first-order chi connectivity index (χ1) is 10.0. The molecule has 0 spiro atoms. The number of aromatic nitrogens is 2. The van der Waals surface area contributed by atoms with E-state index in [1.165, 1.54) is 0 Å². The summed E-state index contributed by atoms with van der Waals surface area (Å²) in [6.45, 7) is 3.58. The van der Waals surface area contributed by atoms with Crippen molar-refractivity contribution in [1.29, 1.82) is 0 Å². The number of carbonyl (C=O) groups excluding carboxylic acids is 1. The third-order valence-electron chi connectivity index (χ3n) is 3.62. The number of aliphatic hydroxyl groups excluding tert-OH is 1. The lowest BCUT2D eigenvalue weighted by atomic mass is 10.1. The van der Waals surface area contributed by atoms with Crippen LogP contribution in [0.25, 0.3) is 0 Å². The second kappa shape index (κ2) is 6.54. The molecular weight excluding hydrogens is 266 g/mol. The minimum atomic E-state index is -0.307. The molecule has 0 bridgehead atoms. The van der Waals surface area contributed by atoms with Crippen molar-refractivity contribution >= 4 is 5.91 Å². The van der Waals surface area contributed by atoms with Gasteiger partial charge in [0.25, 0.3) is 5.91 Å². The molecule has 0 fully saturated rings. The maximum Gasteiger partial charge on any atom is 0.255 e. The van der Waals surface area contributed by atoms with Gasteiger partial charge in [-0.2, -0.15) is 5.10 Å². The molecule has 0 saturated carbocycles. The number of aryl methyl sites for hydroxylation is 2. The van der Waals surface area contributed by atoms with Crippen LogP contribution < -0.4 is 5.32 Å². The molecule has 0 radical (unpaired) electrons. The third-order valence-corrected chi connectivity index (χ3v) is 3.62. The van der Waals surface area contributed by atoms with E-state index >= 15 is 0 Å². The van der Waals surface area contributed by atoms with Crippen molar-refractivity contribution in [3.8, 4) is 0 Å². The van der Waals surface area contributed by atoms with Gasteiger partial charge in [0, 0.05) is 12.7 Å². The smallest absolute Gasteiger partial charge is 0.255 e. The van der Waals surface area contributed by atoms with E-state index in [1.54, 1.807) is 4.68 Å². The molecule has 1 amide bonds. The van der Waals surface area contributed by atoms with E-state index in [9.17, 15) is 9.90 Å². The average Bonchev–Trinajstić information content (AvgIpc) is 2.72. The van der Waals surface area contributed by atoms with Crippen LogP contribution in [-0.4, -0.2) is 33.4 Å². The van der Waals surface area contributed by atoms with Crippen LogP contribution in [0.3, 0.4) is 0 Å². The standard InChI is InChI=1S/C16H21N3O2/c1-11-15(12(2)19(3)18-11)16(21)17-14(10-20)9-13-7-5-4-6-8-13/h4-8,14,20H,9-10H2,1-3H3,(H,17,21). The maximum absolute atomic E-state index is 12.4. The van der Waals surface area contributed by atoms with Crippen LogP contribution in [0.4, 0.5) is 0 Å². The largest absolute Gasteiger partial charge is 0.394 e. The highest BCUT2D eigenvalue weighted by Crippen LogP contribution is 2.12. The molecule has 0 aliphatic rings. The average molecular weight is 287 g/mol. The Bertz CT molecular complexity index is 620. The quantitative estimate of drug-likeness (QED) is 0.873. The van der Waals surface area contributed by atoms with Crippen LogP contribution in [-0.2, 0) is 13.5 Å². The van der Waals surface area contributed by atoms with Gasteiger partial charge in [0.2, 0.25) is 0 Å². The van der Waals surface area contributed by atoms with Crippen molar-refractivity contribution < 1.29 is 9.90 Å². The molecule has 5 heteroatoms. The fraction of sp³-hybridized carbons (Fsp3) is 0.375. The van der Waals surface area contributed by atoms with Crippen molar-refractivity contribution in [3.05, 3.63) is 52.8 Å². The van der Waals surface area contributed by atoms with E-state index in [2.05, 4.69) is 10.4 Å². The molecule has 0 aliphatic carbocycles. The van der Waals surface area contributed by atoms with Crippen LogP contribution in [0.15, 0.2) is 30.3 Å². The Kier molecular flexibility index (Phi) is 4.75. The Hall–Kier alpha value is -2.14. The van der Waals surface area contributed by atoms with E-state index in [4.69, 9.17) is 0 Å². The molecule has 1 atom stereocenters. The first-order valence-corrected chi connectivity index (χ1v) is 6.98. The summed E-state index contributed by atoms with van der Waals surface area (Å²) in [4.78, 5) is 12.4. The number of hydrogen-bond donors (Lipinski definition) is 2. The summed E-state index contributed by atoms with van der Waals surface area (Å²) < 4.78 is 1.69. The van der Waals surface area contributed by atoms with Crippen molar-refractivity contribution in [2.45, 2.75) is 26.3 Å². The minimum Gasteiger partial charge on any atom is -0.394 e. The number of rotatable bonds is 5. The van der Waals surface area contributed by atoms with E-state index in [0.29, 0.717) is 17.7 Å². The second-order valence-corrected chi connectivity index (χ2v) is 5.21. The summed E-state index contributed by atoms with van der Waals surface area (Å²) in [6.07, 6.45) is 0.599. The van der Waals surface area contributed by atoms with E-state index in [0.717, 1.165) is 11.3 Å². The van der Waals surface area contributed by atoms with E-state index in [1.807, 2.05) is 51.2 Å².